The third kappa shape index (κ3) is 4.37. The van der Waals surface area contributed by atoms with Crippen LogP contribution in [0.2, 0.25) is 0 Å². The van der Waals surface area contributed by atoms with Crippen LogP contribution in [0.4, 0.5) is 10.1 Å². The van der Waals surface area contributed by atoms with Gasteiger partial charge in [-0.1, -0.05) is 23.9 Å². The first-order valence-corrected chi connectivity index (χ1v) is 6.94. The maximum absolute atomic E-state index is 13.5. The number of hydrogen-bond donors (Lipinski definition) is 2. The molecule has 21 heavy (non-hydrogen) atoms. The molecule has 0 saturated carbocycles. The molecule has 0 amide bonds. The summed E-state index contributed by atoms with van der Waals surface area (Å²) in [4.78, 5) is 1.55. The lowest BCUT2D eigenvalue weighted by Crippen LogP contribution is -2.02. The Morgan fingerprint density at radius 2 is 2.00 bits per heavy atom. The van der Waals surface area contributed by atoms with E-state index in [1.54, 1.807) is 18.2 Å². The van der Waals surface area contributed by atoms with Crippen LogP contribution in [0.15, 0.2) is 52.3 Å². The average molecular weight is 312 g/mol. The topological polar surface area (TPSA) is 61.3 Å². The van der Waals surface area contributed by atoms with Gasteiger partial charge in [0.25, 0.3) is 0 Å². The van der Waals surface area contributed by atoms with Crippen molar-refractivity contribution in [2.24, 2.45) is 5.73 Å². The van der Waals surface area contributed by atoms with Crippen molar-refractivity contribution >= 4 is 17.4 Å². The maximum atomic E-state index is 13.5. The molecule has 0 radical (unpaired) electrons. The third-order valence-electron chi connectivity index (χ3n) is 2.66. The van der Waals surface area contributed by atoms with Gasteiger partial charge in [-0.2, -0.15) is 0 Å². The number of nitrogen functional groups attached to an aromatic ring is 1. The maximum Gasteiger partial charge on any atom is 0.119 e. The molecule has 2 rings (SSSR count). The Kier molecular flexibility index (Phi) is 3.51. The molecule has 0 spiro atoms. The summed E-state index contributed by atoms with van der Waals surface area (Å²) >= 11 is 1.35. The van der Waals surface area contributed by atoms with Crippen LogP contribution in [-0.4, -0.2) is 13.2 Å². The van der Waals surface area contributed by atoms with E-state index >= 15 is 0 Å². The monoisotopic (exact) mass is 312 g/mol. The van der Waals surface area contributed by atoms with Crippen LogP contribution in [0.3, 0.4) is 0 Å². The van der Waals surface area contributed by atoms with Gasteiger partial charge >= 0.3 is 0 Å². The number of para-hydroxylation sites is 1. The van der Waals surface area contributed by atoms with Gasteiger partial charge in [-0.25, -0.2) is 0 Å². The minimum absolute atomic E-state index is 0.0894. The first-order valence-electron chi connectivity index (χ1n) is 9.12. The summed E-state index contributed by atoms with van der Waals surface area (Å²) in [5.41, 5.74) is 12.8. The summed E-state index contributed by atoms with van der Waals surface area (Å²) in [6.07, 6.45) is -3.53. The summed E-state index contributed by atoms with van der Waals surface area (Å²) in [6.45, 7) is -7.10. The van der Waals surface area contributed by atoms with Crippen molar-refractivity contribution < 1.29 is 17.4 Å². The minimum Gasteiger partial charge on any atom is -0.493 e. The SMILES string of the molecule is [2H]C([2H])(F)C([2H])([2H])C([2H])([2H])Oc1ccc(Sc2ccccc2N)c(CN)c1. The van der Waals surface area contributed by atoms with Crippen molar-refractivity contribution in [2.45, 2.75) is 22.7 Å². The summed E-state index contributed by atoms with van der Waals surface area (Å²) < 4.78 is 62.3. The van der Waals surface area contributed by atoms with Crippen LogP contribution < -0.4 is 16.2 Å². The van der Waals surface area contributed by atoms with Gasteiger partial charge in [0, 0.05) is 31.1 Å². The highest BCUT2D eigenvalue weighted by Gasteiger charge is 2.07. The number of nitrogens with two attached hydrogens (primary N) is 2. The number of hydrogen-bond acceptors (Lipinski definition) is 4. The van der Waals surface area contributed by atoms with E-state index in [1.807, 2.05) is 12.1 Å². The molecule has 0 aliphatic carbocycles. The molecule has 0 aliphatic heterocycles. The lowest BCUT2D eigenvalue weighted by Gasteiger charge is -2.12. The van der Waals surface area contributed by atoms with Gasteiger partial charge in [0.05, 0.1) is 18.7 Å². The molecule has 0 aliphatic rings. The van der Waals surface area contributed by atoms with E-state index in [1.165, 1.54) is 23.9 Å². The standard InChI is InChI=1S/C16H19FN2OS/c17-8-3-9-20-13-6-7-15(12(10-13)11-18)21-16-5-2-1-4-14(16)19/h1-2,4-7,10H,3,8-9,11,18-19H2/i3D2,8D2,9D2. The molecular weight excluding hydrogens is 287 g/mol. The Balaban J connectivity index is 2.29. The number of anilines is 1. The Bertz CT molecular complexity index is 816. The van der Waals surface area contributed by atoms with Gasteiger partial charge in [-0.3, -0.25) is 4.39 Å². The molecule has 2 aromatic rings. The molecule has 4 N–H and O–H groups in total. The van der Waals surface area contributed by atoms with E-state index in [0.717, 1.165) is 9.79 Å². The fraction of sp³-hybridized carbons (Fsp3) is 0.250. The van der Waals surface area contributed by atoms with Crippen molar-refractivity contribution in [2.75, 3.05) is 18.9 Å². The fourth-order valence-electron chi connectivity index (χ4n) is 1.67. The fourth-order valence-corrected chi connectivity index (χ4v) is 2.65. The van der Waals surface area contributed by atoms with E-state index in [-0.39, 0.29) is 12.3 Å². The van der Waals surface area contributed by atoms with Gasteiger partial charge in [0.15, 0.2) is 0 Å². The minimum atomic E-state index is -3.94. The smallest absolute Gasteiger partial charge is 0.119 e. The predicted molar refractivity (Wildman–Crippen MR) is 85.4 cm³/mol. The van der Waals surface area contributed by atoms with Crippen LogP contribution in [0.5, 0.6) is 5.75 Å². The molecule has 112 valence electrons. The average Bonchev–Trinajstić information content (AvgIpc) is 2.56. The molecule has 0 bridgehead atoms. The van der Waals surface area contributed by atoms with Gasteiger partial charge in [0.2, 0.25) is 0 Å². The number of rotatable bonds is 7. The van der Waals surface area contributed by atoms with Crippen molar-refractivity contribution in [1.82, 2.24) is 0 Å². The van der Waals surface area contributed by atoms with Crippen molar-refractivity contribution in [3.63, 3.8) is 0 Å². The largest absolute Gasteiger partial charge is 0.493 e. The molecule has 2 aromatic carbocycles. The van der Waals surface area contributed by atoms with E-state index in [4.69, 9.17) is 24.4 Å². The molecule has 0 atom stereocenters. The Labute approximate surface area is 136 Å². The number of alkyl halides is 1. The van der Waals surface area contributed by atoms with Gasteiger partial charge < -0.3 is 16.2 Å². The summed E-state index contributed by atoms with van der Waals surface area (Å²) in [5.74, 6) is -0.0982. The van der Waals surface area contributed by atoms with Crippen molar-refractivity contribution in [3.8, 4) is 5.75 Å². The molecule has 0 saturated heterocycles. The lowest BCUT2D eigenvalue weighted by molar-refractivity contribution is 0.289. The quantitative estimate of drug-likeness (QED) is 0.767. The van der Waals surface area contributed by atoms with Gasteiger partial charge in [0.1, 0.15) is 5.75 Å². The lowest BCUT2D eigenvalue weighted by atomic mass is 10.2. The van der Waals surface area contributed by atoms with E-state index in [2.05, 4.69) is 0 Å². The van der Waals surface area contributed by atoms with Crippen LogP contribution in [0, 0.1) is 0 Å². The molecular formula is C16H19FN2OS. The van der Waals surface area contributed by atoms with Gasteiger partial charge in [-0.15, -0.1) is 0 Å². The Morgan fingerprint density at radius 1 is 1.19 bits per heavy atom. The van der Waals surface area contributed by atoms with Gasteiger partial charge in [-0.05, 0) is 35.9 Å². The highest BCUT2D eigenvalue weighted by atomic mass is 32.2. The second-order valence-corrected chi connectivity index (χ2v) is 5.12. The molecule has 0 fully saturated rings. The van der Waals surface area contributed by atoms with E-state index < -0.39 is 19.6 Å². The summed E-state index contributed by atoms with van der Waals surface area (Å²) in [6, 6.07) is 11.6. The van der Waals surface area contributed by atoms with E-state index in [0.29, 0.717) is 11.3 Å². The van der Waals surface area contributed by atoms with Crippen molar-refractivity contribution in [1.29, 1.82) is 0 Å². The van der Waals surface area contributed by atoms with E-state index in [9.17, 15) is 4.39 Å². The molecule has 5 heteroatoms. The van der Waals surface area contributed by atoms with Crippen LogP contribution in [0.1, 0.15) is 20.2 Å². The number of ether oxygens (including phenoxy) is 1. The van der Waals surface area contributed by atoms with Crippen molar-refractivity contribution in [3.05, 3.63) is 48.0 Å². The second-order valence-electron chi connectivity index (χ2n) is 4.04. The normalized spacial score (nSPS) is 16.9. The zero-order chi connectivity index (χ0) is 20.5. The zero-order valence-electron chi connectivity index (χ0n) is 17.1. The summed E-state index contributed by atoms with van der Waals surface area (Å²) in [7, 11) is 0. The predicted octanol–water partition coefficient (Wildman–Crippen LogP) is 3.62. The number of benzene rings is 2. The van der Waals surface area contributed by atoms with Crippen LogP contribution in [-0.2, 0) is 6.54 Å². The Morgan fingerprint density at radius 3 is 2.71 bits per heavy atom. The highest BCUT2D eigenvalue weighted by Crippen LogP contribution is 2.35. The Hall–Kier alpha value is -1.72. The first-order chi connectivity index (χ1) is 12.4. The molecule has 0 heterocycles. The summed E-state index contributed by atoms with van der Waals surface area (Å²) in [5, 5.41) is 0. The molecule has 3 nitrogen and oxygen atoms in total. The van der Waals surface area contributed by atoms with Crippen LogP contribution in [0.25, 0.3) is 0 Å². The van der Waals surface area contributed by atoms with Crippen LogP contribution >= 0.6 is 11.8 Å². The molecule has 0 unspecified atom stereocenters. The second kappa shape index (κ2) is 7.90. The number of halogens is 1. The third-order valence-corrected chi connectivity index (χ3v) is 3.87. The zero-order valence-corrected chi connectivity index (χ0v) is 11.9. The highest BCUT2D eigenvalue weighted by molar-refractivity contribution is 7.99. The molecule has 0 aromatic heterocycles. The first kappa shape index (κ1) is 9.33.